The van der Waals surface area contributed by atoms with Crippen LogP contribution in [0.1, 0.15) is 22.8 Å². The standard InChI is InChI=1S/C17H16ClFN2O3/c1-10(15-5-4-12(19)8-16(15)18)20-21-17(22)11-6-13(23-2)9-14(7-11)24-3/h4-9H,1-3H3,(H,21,22)/b20-10-. The summed E-state index contributed by atoms with van der Waals surface area (Å²) in [7, 11) is 2.99. The van der Waals surface area contributed by atoms with Crippen LogP contribution in [0, 0.1) is 5.82 Å². The van der Waals surface area contributed by atoms with E-state index >= 15 is 0 Å². The second-order valence-electron chi connectivity index (χ2n) is 4.86. The number of nitrogens with zero attached hydrogens (tertiary/aromatic N) is 1. The van der Waals surface area contributed by atoms with Gasteiger partial charge in [-0.2, -0.15) is 5.10 Å². The summed E-state index contributed by atoms with van der Waals surface area (Å²) in [4.78, 5) is 12.2. The van der Waals surface area contributed by atoms with Crippen LogP contribution in [0.5, 0.6) is 11.5 Å². The molecule has 2 aromatic rings. The van der Waals surface area contributed by atoms with E-state index in [1.807, 2.05) is 0 Å². The van der Waals surface area contributed by atoms with Crippen LogP contribution in [0.15, 0.2) is 41.5 Å². The highest BCUT2D eigenvalue weighted by atomic mass is 35.5. The minimum atomic E-state index is -0.441. The molecule has 24 heavy (non-hydrogen) atoms. The van der Waals surface area contributed by atoms with E-state index in [4.69, 9.17) is 21.1 Å². The second kappa shape index (κ2) is 7.79. The van der Waals surface area contributed by atoms with Crippen LogP contribution in [0.2, 0.25) is 5.02 Å². The van der Waals surface area contributed by atoms with Crippen LogP contribution in [0.4, 0.5) is 4.39 Å². The van der Waals surface area contributed by atoms with Gasteiger partial charge in [-0.25, -0.2) is 9.82 Å². The van der Waals surface area contributed by atoms with Crippen molar-refractivity contribution in [1.82, 2.24) is 5.43 Å². The molecule has 0 saturated heterocycles. The van der Waals surface area contributed by atoms with Crippen LogP contribution in [0.3, 0.4) is 0 Å². The lowest BCUT2D eigenvalue weighted by atomic mass is 10.1. The predicted molar refractivity (Wildman–Crippen MR) is 90.6 cm³/mol. The van der Waals surface area contributed by atoms with Crippen LogP contribution in [0.25, 0.3) is 0 Å². The molecular weight excluding hydrogens is 335 g/mol. The minimum Gasteiger partial charge on any atom is -0.497 e. The Morgan fingerprint density at radius 2 is 1.75 bits per heavy atom. The van der Waals surface area contributed by atoms with E-state index in [1.165, 1.54) is 32.4 Å². The molecule has 0 saturated carbocycles. The number of carbonyl (C=O) groups is 1. The third-order valence-corrected chi connectivity index (χ3v) is 3.57. The van der Waals surface area contributed by atoms with Crippen molar-refractivity contribution in [2.75, 3.05) is 14.2 Å². The lowest BCUT2D eigenvalue weighted by Crippen LogP contribution is -2.19. The fourth-order valence-corrected chi connectivity index (χ4v) is 2.28. The maximum atomic E-state index is 13.1. The number of hydrazone groups is 1. The van der Waals surface area contributed by atoms with Crippen LogP contribution in [-0.4, -0.2) is 25.8 Å². The molecule has 0 bridgehead atoms. The third-order valence-electron chi connectivity index (χ3n) is 3.26. The lowest BCUT2D eigenvalue weighted by Gasteiger charge is -2.08. The van der Waals surface area contributed by atoms with E-state index in [9.17, 15) is 9.18 Å². The number of amides is 1. The molecule has 2 aromatic carbocycles. The Morgan fingerprint density at radius 1 is 1.12 bits per heavy atom. The largest absolute Gasteiger partial charge is 0.497 e. The number of carbonyl (C=O) groups excluding carboxylic acids is 1. The van der Waals surface area contributed by atoms with Gasteiger partial charge >= 0.3 is 0 Å². The van der Waals surface area contributed by atoms with Crippen molar-refractivity contribution >= 4 is 23.2 Å². The average molecular weight is 351 g/mol. The normalized spacial score (nSPS) is 11.1. The van der Waals surface area contributed by atoms with E-state index < -0.39 is 11.7 Å². The highest BCUT2D eigenvalue weighted by Crippen LogP contribution is 2.22. The van der Waals surface area contributed by atoms with Gasteiger partial charge in [0.05, 0.1) is 25.0 Å². The molecule has 7 heteroatoms. The molecule has 1 N–H and O–H groups in total. The molecule has 0 unspecified atom stereocenters. The smallest absolute Gasteiger partial charge is 0.271 e. The van der Waals surface area contributed by atoms with Gasteiger partial charge in [0.15, 0.2) is 0 Å². The zero-order chi connectivity index (χ0) is 17.7. The van der Waals surface area contributed by atoms with E-state index in [1.54, 1.807) is 25.1 Å². The SMILES string of the molecule is COc1cc(OC)cc(C(=O)N/N=C(/C)c2ccc(F)cc2Cl)c1. The summed E-state index contributed by atoms with van der Waals surface area (Å²) in [6.45, 7) is 1.66. The van der Waals surface area contributed by atoms with Crippen LogP contribution in [-0.2, 0) is 0 Å². The molecule has 1 amide bonds. The minimum absolute atomic E-state index is 0.216. The Morgan fingerprint density at radius 3 is 2.29 bits per heavy atom. The van der Waals surface area contributed by atoms with Gasteiger partial charge in [0.25, 0.3) is 5.91 Å². The summed E-state index contributed by atoms with van der Waals surface area (Å²) in [6.07, 6.45) is 0. The van der Waals surface area contributed by atoms with Gasteiger partial charge in [-0.15, -0.1) is 0 Å². The zero-order valence-corrected chi connectivity index (χ0v) is 14.1. The van der Waals surface area contributed by atoms with E-state index in [-0.39, 0.29) is 5.02 Å². The number of methoxy groups -OCH3 is 2. The molecule has 2 rings (SSSR count). The molecule has 0 aromatic heterocycles. The van der Waals surface area contributed by atoms with Gasteiger partial charge in [-0.05, 0) is 37.3 Å². The van der Waals surface area contributed by atoms with Crippen molar-refractivity contribution in [3.8, 4) is 11.5 Å². The zero-order valence-electron chi connectivity index (χ0n) is 13.4. The van der Waals surface area contributed by atoms with Crippen molar-refractivity contribution in [3.63, 3.8) is 0 Å². The van der Waals surface area contributed by atoms with Crippen molar-refractivity contribution < 1.29 is 18.7 Å². The van der Waals surface area contributed by atoms with E-state index in [2.05, 4.69) is 10.5 Å². The van der Waals surface area contributed by atoms with Crippen molar-refractivity contribution in [1.29, 1.82) is 0 Å². The van der Waals surface area contributed by atoms with Gasteiger partial charge in [-0.3, -0.25) is 4.79 Å². The van der Waals surface area contributed by atoms with Crippen LogP contribution >= 0.6 is 11.6 Å². The molecule has 0 aliphatic heterocycles. The molecule has 5 nitrogen and oxygen atoms in total. The number of hydrogen-bond acceptors (Lipinski definition) is 4. The third kappa shape index (κ3) is 4.23. The van der Waals surface area contributed by atoms with Crippen molar-refractivity contribution in [2.24, 2.45) is 5.10 Å². The molecule has 0 spiro atoms. The summed E-state index contributed by atoms with van der Waals surface area (Å²) in [5, 5.41) is 4.22. The molecule has 0 atom stereocenters. The van der Waals surface area contributed by atoms with E-state index in [0.717, 1.165) is 0 Å². The fraction of sp³-hybridized carbons (Fsp3) is 0.176. The number of hydrogen-bond donors (Lipinski definition) is 1. The number of nitrogens with one attached hydrogen (secondary N) is 1. The number of benzene rings is 2. The maximum absolute atomic E-state index is 13.1. The van der Waals surface area contributed by atoms with Crippen LogP contribution < -0.4 is 14.9 Å². The average Bonchev–Trinajstić information content (AvgIpc) is 2.58. The first-order valence-corrected chi connectivity index (χ1v) is 7.35. The fourth-order valence-electron chi connectivity index (χ4n) is 1.98. The number of ether oxygens (including phenoxy) is 2. The predicted octanol–water partition coefficient (Wildman–Crippen LogP) is 3.65. The Hall–Kier alpha value is -2.60. The number of halogens is 2. The highest BCUT2D eigenvalue weighted by Gasteiger charge is 2.10. The second-order valence-corrected chi connectivity index (χ2v) is 5.27. The maximum Gasteiger partial charge on any atom is 0.271 e. The van der Waals surface area contributed by atoms with Gasteiger partial charge < -0.3 is 9.47 Å². The first kappa shape index (κ1) is 17.7. The van der Waals surface area contributed by atoms with E-state index in [0.29, 0.717) is 28.3 Å². The van der Waals surface area contributed by atoms with Crippen molar-refractivity contribution in [2.45, 2.75) is 6.92 Å². The molecular formula is C17H16ClFN2O3. The summed E-state index contributed by atoms with van der Waals surface area (Å²) in [5.74, 6) is 0.0948. The van der Waals surface area contributed by atoms with Crippen molar-refractivity contribution in [3.05, 3.63) is 58.4 Å². The first-order valence-electron chi connectivity index (χ1n) is 6.97. The summed E-state index contributed by atoms with van der Waals surface area (Å²) >= 11 is 5.97. The Labute approximate surface area is 144 Å². The molecule has 126 valence electrons. The monoisotopic (exact) mass is 350 g/mol. The molecule has 0 aliphatic rings. The van der Waals surface area contributed by atoms with Gasteiger partial charge in [0.2, 0.25) is 0 Å². The molecule has 0 radical (unpaired) electrons. The van der Waals surface area contributed by atoms with Gasteiger partial charge in [0.1, 0.15) is 17.3 Å². The first-order chi connectivity index (χ1) is 11.4. The Kier molecular flexibility index (Phi) is 5.76. The summed E-state index contributed by atoms with van der Waals surface area (Å²) in [5.41, 5.74) is 3.73. The van der Waals surface area contributed by atoms with Gasteiger partial charge in [0, 0.05) is 17.2 Å². The summed E-state index contributed by atoms with van der Waals surface area (Å²) < 4.78 is 23.3. The topological polar surface area (TPSA) is 59.9 Å². The number of rotatable bonds is 5. The Bertz CT molecular complexity index is 771. The molecule has 0 heterocycles. The molecule has 0 aliphatic carbocycles. The van der Waals surface area contributed by atoms with Gasteiger partial charge in [-0.1, -0.05) is 11.6 Å². The summed E-state index contributed by atoms with van der Waals surface area (Å²) in [6, 6.07) is 8.74. The quantitative estimate of drug-likeness (QED) is 0.661. The Balaban J connectivity index is 2.20. The lowest BCUT2D eigenvalue weighted by molar-refractivity contribution is 0.0954. The molecule has 0 fully saturated rings. The highest BCUT2D eigenvalue weighted by molar-refractivity contribution is 6.34.